The highest BCUT2D eigenvalue weighted by Gasteiger charge is 2.03. The van der Waals surface area contributed by atoms with Gasteiger partial charge in [0, 0.05) is 16.7 Å². The summed E-state index contributed by atoms with van der Waals surface area (Å²) in [5.74, 6) is 6.24. The first-order valence-electron chi connectivity index (χ1n) is 5.35. The highest BCUT2D eigenvalue weighted by atomic mass is 16.1. The van der Waals surface area contributed by atoms with Gasteiger partial charge in [0.25, 0.3) is 0 Å². The monoisotopic (exact) mass is 219 g/mol. The van der Waals surface area contributed by atoms with Gasteiger partial charge in [-0.3, -0.25) is 4.79 Å². The molecule has 0 aromatic carbocycles. The van der Waals surface area contributed by atoms with Crippen molar-refractivity contribution in [2.75, 3.05) is 0 Å². The molecule has 0 aromatic rings. The molecule has 0 aliphatic carbocycles. The van der Waals surface area contributed by atoms with Crippen molar-refractivity contribution in [1.82, 2.24) is 5.32 Å². The number of rotatable bonds is 3. The topological polar surface area (TPSA) is 29.1 Å². The fourth-order valence-corrected chi connectivity index (χ4v) is 0.933. The zero-order valence-corrected chi connectivity index (χ0v) is 11.1. The number of carbonyl (C=O) groups excluding carboxylic acids is 1. The van der Waals surface area contributed by atoms with Crippen molar-refractivity contribution < 1.29 is 4.79 Å². The van der Waals surface area contributed by atoms with Crippen LogP contribution in [-0.4, -0.2) is 6.41 Å². The van der Waals surface area contributed by atoms with E-state index in [9.17, 15) is 4.79 Å². The molecule has 88 valence electrons. The van der Waals surface area contributed by atoms with Crippen LogP contribution in [0.25, 0.3) is 0 Å². The van der Waals surface area contributed by atoms with E-state index in [4.69, 9.17) is 0 Å². The summed E-state index contributed by atoms with van der Waals surface area (Å²) in [6.45, 7) is 12.0. The Morgan fingerprint density at radius 3 is 2.12 bits per heavy atom. The number of hydrogen-bond donors (Lipinski definition) is 1. The predicted molar refractivity (Wildman–Crippen MR) is 68.6 cm³/mol. The van der Waals surface area contributed by atoms with Crippen molar-refractivity contribution in [1.29, 1.82) is 0 Å². The Labute approximate surface area is 98.8 Å². The lowest BCUT2D eigenvalue weighted by Crippen LogP contribution is -2.10. The van der Waals surface area contributed by atoms with Crippen LogP contribution in [0.2, 0.25) is 0 Å². The van der Waals surface area contributed by atoms with Crippen molar-refractivity contribution in [2.24, 2.45) is 5.41 Å². The van der Waals surface area contributed by atoms with Crippen LogP contribution in [0.5, 0.6) is 0 Å². The van der Waals surface area contributed by atoms with Crippen LogP contribution in [0.1, 0.15) is 41.5 Å². The van der Waals surface area contributed by atoms with E-state index in [1.807, 2.05) is 26.8 Å². The van der Waals surface area contributed by atoms with E-state index >= 15 is 0 Å². The van der Waals surface area contributed by atoms with Crippen LogP contribution in [0.15, 0.2) is 22.9 Å². The van der Waals surface area contributed by atoms with Crippen molar-refractivity contribution in [3.05, 3.63) is 22.9 Å². The average molecular weight is 219 g/mol. The highest BCUT2D eigenvalue weighted by molar-refractivity contribution is 5.53. The first-order valence-corrected chi connectivity index (χ1v) is 5.35. The first-order chi connectivity index (χ1) is 7.26. The third-order valence-corrected chi connectivity index (χ3v) is 1.75. The van der Waals surface area contributed by atoms with Gasteiger partial charge in [-0.1, -0.05) is 17.4 Å². The summed E-state index contributed by atoms with van der Waals surface area (Å²) in [7, 11) is 0. The quantitative estimate of drug-likeness (QED) is 0.441. The Bertz CT molecular complexity index is 366. The molecule has 0 atom stereocenters. The lowest BCUT2D eigenvalue weighted by molar-refractivity contribution is -0.108. The van der Waals surface area contributed by atoms with Crippen molar-refractivity contribution >= 4 is 6.41 Å². The molecule has 0 radical (unpaired) electrons. The molecule has 0 aliphatic rings. The van der Waals surface area contributed by atoms with Crippen LogP contribution in [0.3, 0.4) is 0 Å². The minimum absolute atomic E-state index is 0.00166. The zero-order chi connectivity index (χ0) is 12.8. The Kier molecular flexibility index (Phi) is 5.60. The summed E-state index contributed by atoms with van der Waals surface area (Å²) < 4.78 is 0. The second kappa shape index (κ2) is 6.17. The third-order valence-electron chi connectivity index (χ3n) is 1.75. The number of nitrogens with one attached hydrogen (secondary N) is 1. The fraction of sp³-hybridized carbons (Fsp3) is 0.500. The smallest absolute Gasteiger partial charge is 0.211 e. The molecule has 0 saturated heterocycles. The highest BCUT2D eigenvalue weighted by Crippen LogP contribution is 2.11. The van der Waals surface area contributed by atoms with Crippen LogP contribution < -0.4 is 5.32 Å². The van der Waals surface area contributed by atoms with E-state index < -0.39 is 0 Å². The molecule has 1 N–H and O–H groups in total. The van der Waals surface area contributed by atoms with Gasteiger partial charge >= 0.3 is 0 Å². The largest absolute Gasteiger partial charge is 0.329 e. The van der Waals surface area contributed by atoms with E-state index in [0.717, 1.165) is 16.8 Å². The van der Waals surface area contributed by atoms with E-state index in [1.54, 1.807) is 0 Å². The maximum atomic E-state index is 10.4. The van der Waals surface area contributed by atoms with Crippen LogP contribution in [0.4, 0.5) is 0 Å². The predicted octanol–water partition coefficient (Wildman–Crippen LogP) is 3.02. The molecule has 0 heterocycles. The fourth-order valence-electron chi connectivity index (χ4n) is 0.933. The van der Waals surface area contributed by atoms with Gasteiger partial charge in [0.2, 0.25) is 6.41 Å². The van der Waals surface area contributed by atoms with Crippen LogP contribution in [0, 0.1) is 17.3 Å². The van der Waals surface area contributed by atoms with Gasteiger partial charge < -0.3 is 5.32 Å². The molecule has 0 bridgehead atoms. The second-order valence-electron chi connectivity index (χ2n) is 5.00. The molecule has 2 nitrogen and oxygen atoms in total. The first kappa shape index (κ1) is 14.5. The van der Waals surface area contributed by atoms with Gasteiger partial charge in [0.05, 0.1) is 0 Å². The van der Waals surface area contributed by atoms with E-state index in [-0.39, 0.29) is 5.41 Å². The molecule has 0 saturated carbocycles. The molecule has 0 aliphatic heterocycles. The van der Waals surface area contributed by atoms with Gasteiger partial charge in [-0.2, -0.15) is 0 Å². The summed E-state index contributed by atoms with van der Waals surface area (Å²) >= 11 is 0. The summed E-state index contributed by atoms with van der Waals surface area (Å²) in [6, 6.07) is 0. The Morgan fingerprint density at radius 2 is 1.75 bits per heavy atom. The number of hydrogen-bond acceptors (Lipinski definition) is 1. The van der Waals surface area contributed by atoms with E-state index in [1.165, 1.54) is 0 Å². The Hall–Kier alpha value is -1.49. The minimum atomic E-state index is -0.00166. The molecule has 1 amide bonds. The molecule has 0 fully saturated rings. The van der Waals surface area contributed by atoms with E-state index in [2.05, 4.69) is 37.9 Å². The molecule has 0 rings (SSSR count). The molecule has 0 aromatic heterocycles. The third kappa shape index (κ3) is 6.89. The van der Waals surface area contributed by atoms with Crippen LogP contribution >= 0.6 is 0 Å². The summed E-state index contributed by atoms with van der Waals surface area (Å²) in [5.41, 5.74) is 2.82. The second-order valence-corrected chi connectivity index (χ2v) is 5.00. The van der Waals surface area contributed by atoms with Crippen molar-refractivity contribution in [3.63, 3.8) is 0 Å². The molecule has 0 spiro atoms. The zero-order valence-electron chi connectivity index (χ0n) is 11.1. The maximum absolute atomic E-state index is 10.4. The van der Waals surface area contributed by atoms with Crippen molar-refractivity contribution in [3.8, 4) is 11.8 Å². The number of amides is 1. The molecular formula is C14H21NO. The van der Waals surface area contributed by atoms with Crippen LogP contribution in [-0.2, 0) is 4.79 Å². The number of carbonyl (C=O) groups is 1. The van der Waals surface area contributed by atoms with Gasteiger partial charge in [0.15, 0.2) is 0 Å². The lowest BCUT2D eigenvalue weighted by atomic mass is 9.97. The number of allylic oxidation sites excluding steroid dienone is 3. The summed E-state index contributed by atoms with van der Waals surface area (Å²) in [4.78, 5) is 10.4. The van der Waals surface area contributed by atoms with Gasteiger partial charge in [-0.15, -0.1) is 0 Å². The van der Waals surface area contributed by atoms with Gasteiger partial charge in [0.1, 0.15) is 0 Å². The molecule has 2 heteroatoms. The SMILES string of the molecule is CC(C)=C(/C=C(\C)C#CC(C)(C)C)NC=O. The van der Waals surface area contributed by atoms with Gasteiger partial charge in [-0.05, 0) is 47.6 Å². The molecule has 0 unspecified atom stereocenters. The average Bonchev–Trinajstić information content (AvgIpc) is 2.13. The van der Waals surface area contributed by atoms with E-state index in [0.29, 0.717) is 6.41 Å². The van der Waals surface area contributed by atoms with Gasteiger partial charge in [-0.25, -0.2) is 0 Å². The molecule has 16 heavy (non-hydrogen) atoms. The Morgan fingerprint density at radius 1 is 1.19 bits per heavy atom. The normalized spacial score (nSPS) is 11.2. The minimum Gasteiger partial charge on any atom is -0.329 e. The maximum Gasteiger partial charge on any atom is 0.211 e. The standard InChI is InChI=1S/C14H21NO/c1-11(2)13(15-10-16)9-12(3)7-8-14(4,5)6/h9-10H,1-6H3,(H,15,16)/b12-9+. The molecular weight excluding hydrogens is 198 g/mol. The Balaban J connectivity index is 4.94. The summed E-state index contributed by atoms with van der Waals surface area (Å²) in [6.07, 6.45) is 2.58. The lowest BCUT2D eigenvalue weighted by Gasteiger charge is -2.07. The van der Waals surface area contributed by atoms with Crippen molar-refractivity contribution in [2.45, 2.75) is 41.5 Å². The summed E-state index contributed by atoms with van der Waals surface area (Å²) in [5, 5.41) is 2.67.